The van der Waals surface area contributed by atoms with E-state index in [0.717, 1.165) is 10.9 Å². The molecule has 1 N–H and O–H groups in total. The summed E-state index contributed by atoms with van der Waals surface area (Å²) in [6, 6.07) is 7.49. The molecule has 2 aromatic heterocycles. The Bertz CT molecular complexity index is 1030. The van der Waals surface area contributed by atoms with Crippen LogP contribution in [-0.4, -0.2) is 31.6 Å². The van der Waals surface area contributed by atoms with Crippen LogP contribution in [0.1, 0.15) is 16.2 Å². The number of esters is 1. The molecular weight excluding hydrogens is 402 g/mol. The first-order valence-electron chi connectivity index (χ1n) is 7.14. The highest BCUT2D eigenvalue weighted by Gasteiger charge is 2.21. The van der Waals surface area contributed by atoms with E-state index in [1.54, 1.807) is 0 Å². The molecule has 11 heteroatoms. The van der Waals surface area contributed by atoms with Gasteiger partial charge in [0.15, 0.2) is 0 Å². The third-order valence-corrected chi connectivity index (χ3v) is 6.01. The molecule has 0 spiro atoms. The minimum atomic E-state index is -4.01. The van der Waals surface area contributed by atoms with Crippen LogP contribution in [0.3, 0.4) is 0 Å². The molecule has 26 heavy (non-hydrogen) atoms. The van der Waals surface area contributed by atoms with E-state index in [-0.39, 0.29) is 27.9 Å². The van der Waals surface area contributed by atoms with Crippen LogP contribution in [0.5, 0.6) is 0 Å². The first-order valence-corrected chi connectivity index (χ1v) is 9.89. The van der Waals surface area contributed by atoms with Crippen LogP contribution >= 0.6 is 22.9 Å². The fourth-order valence-electron chi connectivity index (χ4n) is 2.02. The van der Waals surface area contributed by atoms with Crippen LogP contribution in [0.2, 0.25) is 5.02 Å². The lowest BCUT2D eigenvalue weighted by molar-refractivity contribution is 0.0600. The number of nitrogens with one attached hydrogen (secondary N) is 1. The Morgan fingerprint density at radius 2 is 2.19 bits per heavy atom. The van der Waals surface area contributed by atoms with Gasteiger partial charge in [0, 0.05) is 0 Å². The molecule has 0 bridgehead atoms. The normalized spacial score (nSPS) is 11.5. The SMILES string of the molecule is COC(=O)c1ccc(Cl)c(S(=O)(=O)NCc2nc(-c3cccs3)no2)c1. The van der Waals surface area contributed by atoms with Gasteiger partial charge < -0.3 is 9.26 Å². The molecule has 0 aliphatic carbocycles. The monoisotopic (exact) mass is 413 g/mol. The summed E-state index contributed by atoms with van der Waals surface area (Å²) in [6.07, 6.45) is 0. The maximum Gasteiger partial charge on any atom is 0.337 e. The molecule has 3 rings (SSSR count). The van der Waals surface area contributed by atoms with E-state index < -0.39 is 16.0 Å². The molecular formula is C15H12ClN3O5S2. The van der Waals surface area contributed by atoms with Gasteiger partial charge in [0.05, 0.1) is 29.1 Å². The van der Waals surface area contributed by atoms with Gasteiger partial charge in [0.1, 0.15) is 4.90 Å². The average Bonchev–Trinajstić information content (AvgIpc) is 3.31. The maximum absolute atomic E-state index is 12.5. The molecule has 8 nitrogen and oxygen atoms in total. The highest BCUT2D eigenvalue weighted by atomic mass is 35.5. The zero-order chi connectivity index (χ0) is 18.7. The number of carbonyl (C=O) groups is 1. The van der Waals surface area contributed by atoms with Gasteiger partial charge in [-0.15, -0.1) is 11.3 Å². The van der Waals surface area contributed by atoms with Crippen molar-refractivity contribution < 1.29 is 22.5 Å². The fraction of sp³-hybridized carbons (Fsp3) is 0.133. The Balaban J connectivity index is 1.78. The van der Waals surface area contributed by atoms with Gasteiger partial charge in [0.2, 0.25) is 21.7 Å². The second kappa shape index (κ2) is 7.54. The molecule has 0 atom stereocenters. The van der Waals surface area contributed by atoms with Crippen molar-refractivity contribution in [3.8, 4) is 10.7 Å². The van der Waals surface area contributed by atoms with Gasteiger partial charge in [-0.1, -0.05) is 22.8 Å². The third-order valence-electron chi connectivity index (χ3n) is 3.26. The summed E-state index contributed by atoms with van der Waals surface area (Å²) in [5, 5.41) is 5.63. The summed E-state index contributed by atoms with van der Waals surface area (Å²) in [4.78, 5) is 16.3. The number of rotatable bonds is 6. The number of nitrogens with zero attached hydrogens (tertiary/aromatic N) is 2. The molecule has 0 aliphatic heterocycles. The number of halogens is 1. The summed E-state index contributed by atoms with van der Waals surface area (Å²) in [7, 11) is -2.81. The number of sulfonamides is 1. The molecule has 0 unspecified atom stereocenters. The lowest BCUT2D eigenvalue weighted by Crippen LogP contribution is -2.24. The van der Waals surface area contributed by atoms with Crippen LogP contribution in [-0.2, 0) is 21.3 Å². The molecule has 0 fully saturated rings. The number of aromatic nitrogens is 2. The first-order chi connectivity index (χ1) is 12.4. The Morgan fingerprint density at radius 3 is 2.88 bits per heavy atom. The molecule has 2 heterocycles. The molecule has 0 aliphatic rings. The van der Waals surface area contributed by atoms with Gasteiger partial charge in [-0.25, -0.2) is 17.9 Å². The van der Waals surface area contributed by atoms with Gasteiger partial charge in [-0.05, 0) is 29.6 Å². The van der Waals surface area contributed by atoms with Crippen LogP contribution in [0, 0.1) is 0 Å². The zero-order valence-electron chi connectivity index (χ0n) is 13.3. The molecule has 0 saturated carbocycles. The Hall–Kier alpha value is -2.27. The number of carbonyl (C=O) groups excluding carboxylic acids is 1. The van der Waals surface area contributed by atoms with Crippen molar-refractivity contribution in [1.29, 1.82) is 0 Å². The van der Waals surface area contributed by atoms with E-state index in [2.05, 4.69) is 19.6 Å². The zero-order valence-corrected chi connectivity index (χ0v) is 15.7. The van der Waals surface area contributed by atoms with E-state index in [1.807, 2.05) is 17.5 Å². The summed E-state index contributed by atoms with van der Waals surface area (Å²) in [5.41, 5.74) is 0.0649. The summed E-state index contributed by atoms with van der Waals surface area (Å²) in [6.45, 7) is -0.223. The number of thiophene rings is 1. The quantitative estimate of drug-likeness (QED) is 0.618. The molecule has 0 amide bonds. The first kappa shape index (κ1) is 18.5. The van der Waals surface area contributed by atoms with E-state index in [1.165, 1.54) is 30.6 Å². The Morgan fingerprint density at radius 1 is 1.38 bits per heavy atom. The van der Waals surface area contributed by atoms with E-state index in [4.69, 9.17) is 16.1 Å². The summed E-state index contributed by atoms with van der Waals surface area (Å²) >= 11 is 7.39. The van der Waals surface area contributed by atoms with Gasteiger partial charge in [-0.2, -0.15) is 4.98 Å². The number of ether oxygens (including phenoxy) is 1. The predicted octanol–water partition coefficient (Wildman–Crippen LogP) is 2.72. The second-order valence-corrected chi connectivity index (χ2v) is 8.04. The van der Waals surface area contributed by atoms with Crippen molar-refractivity contribution in [1.82, 2.24) is 14.9 Å². The standard InChI is InChI=1S/C15H12ClN3O5S2/c1-23-15(20)9-4-5-10(16)12(7-9)26(21,22)17-8-13-18-14(19-24-13)11-3-2-6-25-11/h2-7,17H,8H2,1H3. The van der Waals surface area contributed by atoms with Crippen LogP contribution in [0.25, 0.3) is 10.7 Å². The fourth-order valence-corrected chi connectivity index (χ4v) is 4.17. The highest BCUT2D eigenvalue weighted by molar-refractivity contribution is 7.89. The van der Waals surface area contributed by atoms with Crippen LogP contribution in [0.4, 0.5) is 0 Å². The van der Waals surface area contributed by atoms with Crippen LogP contribution < -0.4 is 4.72 Å². The van der Waals surface area contributed by atoms with Crippen LogP contribution in [0.15, 0.2) is 45.1 Å². The van der Waals surface area contributed by atoms with Crippen molar-refractivity contribution in [2.45, 2.75) is 11.4 Å². The number of hydrogen-bond donors (Lipinski definition) is 1. The molecule has 136 valence electrons. The van der Waals surface area contributed by atoms with E-state index in [9.17, 15) is 13.2 Å². The van der Waals surface area contributed by atoms with E-state index >= 15 is 0 Å². The number of methoxy groups -OCH3 is 1. The van der Waals surface area contributed by atoms with Crippen molar-refractivity contribution in [3.63, 3.8) is 0 Å². The molecule has 0 radical (unpaired) electrons. The predicted molar refractivity (Wildman–Crippen MR) is 94.4 cm³/mol. The lowest BCUT2D eigenvalue weighted by atomic mass is 10.2. The van der Waals surface area contributed by atoms with Crippen molar-refractivity contribution in [2.75, 3.05) is 7.11 Å². The lowest BCUT2D eigenvalue weighted by Gasteiger charge is -2.08. The average molecular weight is 414 g/mol. The smallest absolute Gasteiger partial charge is 0.337 e. The third kappa shape index (κ3) is 3.93. The van der Waals surface area contributed by atoms with Crippen molar-refractivity contribution in [2.24, 2.45) is 0 Å². The largest absolute Gasteiger partial charge is 0.465 e. The second-order valence-electron chi connectivity index (χ2n) is 4.95. The molecule has 0 saturated heterocycles. The van der Waals surface area contributed by atoms with Crippen molar-refractivity contribution in [3.05, 3.63) is 52.2 Å². The number of benzene rings is 1. The van der Waals surface area contributed by atoms with Gasteiger partial charge in [-0.3, -0.25) is 0 Å². The maximum atomic E-state index is 12.5. The Labute approximate surface area is 157 Å². The highest BCUT2D eigenvalue weighted by Crippen LogP contribution is 2.24. The van der Waals surface area contributed by atoms with Gasteiger partial charge in [0.25, 0.3) is 0 Å². The van der Waals surface area contributed by atoms with Crippen molar-refractivity contribution >= 4 is 38.9 Å². The molecule has 1 aromatic carbocycles. The minimum Gasteiger partial charge on any atom is -0.465 e. The summed E-state index contributed by atoms with van der Waals surface area (Å²) < 4.78 is 36.9. The van der Waals surface area contributed by atoms with E-state index in [0.29, 0.717) is 5.82 Å². The van der Waals surface area contributed by atoms with Gasteiger partial charge >= 0.3 is 5.97 Å². The Kier molecular flexibility index (Phi) is 5.37. The molecule has 3 aromatic rings. The summed E-state index contributed by atoms with van der Waals surface area (Å²) in [5.74, 6) is -0.201. The minimum absolute atomic E-state index is 0.0324. The topological polar surface area (TPSA) is 111 Å². The number of hydrogen-bond acceptors (Lipinski definition) is 8.